The van der Waals surface area contributed by atoms with Gasteiger partial charge in [-0.05, 0) is 107 Å². The van der Waals surface area contributed by atoms with E-state index < -0.39 is 0 Å². The molecule has 9 aromatic rings. The fraction of sp³-hybridized carbons (Fsp3) is 0.0213. The van der Waals surface area contributed by atoms with Gasteiger partial charge in [0.1, 0.15) is 0 Å². The summed E-state index contributed by atoms with van der Waals surface area (Å²) in [5.41, 5.74) is 10.4. The van der Waals surface area contributed by atoms with Crippen LogP contribution in [0.25, 0.3) is 42.1 Å². The van der Waals surface area contributed by atoms with E-state index in [2.05, 4.69) is 205 Å². The number of para-hydroxylation sites is 2. The lowest BCUT2D eigenvalue weighted by atomic mass is 9.98. The van der Waals surface area contributed by atoms with E-state index >= 15 is 0 Å². The molecule has 9 rings (SSSR count). The molecule has 0 fully saturated rings. The number of aryl methyl sites for hydroxylation is 1. The monoisotopic (exact) mass is 658 g/mol. The zero-order valence-corrected chi connectivity index (χ0v) is 28.5. The maximum Gasteiger partial charge on any atom is 0.0492 e. The summed E-state index contributed by atoms with van der Waals surface area (Å²) < 4.78 is 2.61. The third-order valence-corrected chi connectivity index (χ3v) is 10.7. The van der Waals surface area contributed by atoms with Gasteiger partial charge in [-0.25, -0.2) is 0 Å². The van der Waals surface area contributed by atoms with Gasteiger partial charge in [-0.2, -0.15) is 0 Å². The van der Waals surface area contributed by atoms with Crippen molar-refractivity contribution >= 4 is 76.4 Å². The van der Waals surface area contributed by atoms with E-state index in [-0.39, 0.29) is 0 Å². The normalized spacial score (nSPS) is 11.3. The molecule has 2 nitrogen and oxygen atoms in total. The van der Waals surface area contributed by atoms with Crippen LogP contribution in [-0.4, -0.2) is 0 Å². The summed E-state index contributed by atoms with van der Waals surface area (Å²) in [6.45, 7) is 2.22. The largest absolute Gasteiger partial charge is 0.310 e. The first-order valence-corrected chi connectivity index (χ1v) is 17.8. The van der Waals surface area contributed by atoms with Crippen molar-refractivity contribution in [2.45, 2.75) is 6.92 Å². The van der Waals surface area contributed by atoms with E-state index in [1.165, 1.54) is 47.6 Å². The third-order valence-electron chi connectivity index (χ3n) is 9.55. The number of rotatable bonds is 7. The summed E-state index contributed by atoms with van der Waals surface area (Å²) >= 11 is 1.85. The van der Waals surface area contributed by atoms with Gasteiger partial charge in [0.25, 0.3) is 0 Å². The second-order valence-corrected chi connectivity index (χ2v) is 13.7. The lowest BCUT2D eigenvalue weighted by Gasteiger charge is -2.30. The Balaban J connectivity index is 1.13. The second kappa shape index (κ2) is 12.7. The van der Waals surface area contributed by atoms with Crippen LogP contribution in [0.2, 0.25) is 0 Å². The van der Waals surface area contributed by atoms with Gasteiger partial charge in [-0.1, -0.05) is 115 Å². The zero-order valence-electron chi connectivity index (χ0n) is 27.7. The molecule has 238 valence electrons. The first-order chi connectivity index (χ1) is 24.7. The Morgan fingerprint density at radius 2 is 0.940 bits per heavy atom. The number of thiophene rings is 1. The van der Waals surface area contributed by atoms with Crippen LogP contribution in [0.1, 0.15) is 5.56 Å². The highest BCUT2D eigenvalue weighted by Crippen LogP contribution is 2.43. The quantitative estimate of drug-likeness (QED) is 0.168. The lowest BCUT2D eigenvalue weighted by molar-refractivity contribution is 1.23. The topological polar surface area (TPSA) is 6.48 Å². The molecular formula is C47H34N2S. The Kier molecular flexibility index (Phi) is 7.61. The molecule has 8 aromatic carbocycles. The lowest BCUT2D eigenvalue weighted by Crippen LogP contribution is -2.13. The first kappa shape index (κ1) is 29.9. The molecule has 0 atom stereocenters. The Morgan fingerprint density at radius 3 is 1.70 bits per heavy atom. The van der Waals surface area contributed by atoms with Crippen LogP contribution in [0.5, 0.6) is 0 Å². The van der Waals surface area contributed by atoms with Gasteiger partial charge in [0.15, 0.2) is 0 Å². The summed E-state index contributed by atoms with van der Waals surface area (Å²) in [5, 5.41) is 5.14. The fourth-order valence-electron chi connectivity index (χ4n) is 7.18. The van der Waals surface area contributed by atoms with Crippen molar-refractivity contribution in [3.8, 4) is 11.1 Å². The van der Waals surface area contributed by atoms with E-state index in [1.54, 1.807) is 0 Å². The van der Waals surface area contributed by atoms with Crippen LogP contribution in [0.3, 0.4) is 0 Å². The van der Waals surface area contributed by atoms with Crippen LogP contribution in [0.4, 0.5) is 34.1 Å². The standard InChI is InChI=1S/C47H34N2S/c1-33-31-39(48(36-15-4-2-5-16-36)40-27-29-44-43-20-10-11-22-46(43)50-47(44)32-40)28-30-45(33)49(37-17-6-3-7-18-37)38-25-23-35(24-26-38)42-21-12-14-34-13-8-9-19-41(34)42/h2-32H,1H3. The fourth-order valence-corrected chi connectivity index (χ4v) is 8.32. The maximum atomic E-state index is 2.37. The molecule has 0 spiro atoms. The minimum atomic E-state index is 1.12. The van der Waals surface area contributed by atoms with Crippen molar-refractivity contribution in [2.75, 3.05) is 9.80 Å². The number of benzene rings is 8. The predicted molar refractivity (Wildman–Crippen MR) is 216 cm³/mol. The average Bonchev–Trinajstić information content (AvgIpc) is 3.55. The molecular weight excluding hydrogens is 625 g/mol. The van der Waals surface area contributed by atoms with Crippen LogP contribution in [0.15, 0.2) is 188 Å². The van der Waals surface area contributed by atoms with Crippen molar-refractivity contribution in [3.05, 3.63) is 194 Å². The number of anilines is 6. The number of hydrogen-bond acceptors (Lipinski definition) is 3. The van der Waals surface area contributed by atoms with Gasteiger partial charge in [0.05, 0.1) is 0 Å². The summed E-state index contributed by atoms with van der Waals surface area (Å²) in [6.07, 6.45) is 0. The van der Waals surface area contributed by atoms with Crippen molar-refractivity contribution in [1.82, 2.24) is 0 Å². The van der Waals surface area contributed by atoms with Gasteiger partial charge in [0.2, 0.25) is 0 Å². The summed E-state index contributed by atoms with van der Waals surface area (Å²) in [7, 11) is 0. The maximum absolute atomic E-state index is 2.37. The minimum Gasteiger partial charge on any atom is -0.310 e. The molecule has 0 unspecified atom stereocenters. The van der Waals surface area contributed by atoms with Crippen molar-refractivity contribution in [2.24, 2.45) is 0 Å². The molecule has 0 aliphatic rings. The minimum absolute atomic E-state index is 1.12. The molecule has 0 aliphatic heterocycles. The van der Waals surface area contributed by atoms with E-state index in [1.807, 2.05) is 11.3 Å². The van der Waals surface area contributed by atoms with Crippen LogP contribution in [-0.2, 0) is 0 Å². The van der Waals surface area contributed by atoms with Gasteiger partial charge in [0, 0.05) is 54.3 Å². The van der Waals surface area contributed by atoms with Gasteiger partial charge in [-0.3, -0.25) is 0 Å². The molecule has 50 heavy (non-hydrogen) atoms. The third kappa shape index (κ3) is 5.38. The van der Waals surface area contributed by atoms with Gasteiger partial charge < -0.3 is 9.80 Å². The molecule has 1 aromatic heterocycles. The zero-order chi connectivity index (χ0) is 33.4. The summed E-state index contributed by atoms with van der Waals surface area (Å²) in [4.78, 5) is 4.73. The first-order valence-electron chi connectivity index (χ1n) is 17.0. The molecule has 0 saturated heterocycles. The highest BCUT2D eigenvalue weighted by atomic mass is 32.1. The molecule has 3 heteroatoms. The van der Waals surface area contributed by atoms with Crippen LogP contribution in [0, 0.1) is 6.92 Å². The predicted octanol–water partition coefficient (Wildman–Crippen LogP) is 14.1. The number of nitrogens with zero attached hydrogens (tertiary/aromatic N) is 2. The van der Waals surface area contributed by atoms with Crippen LogP contribution >= 0.6 is 11.3 Å². The second-order valence-electron chi connectivity index (χ2n) is 12.7. The van der Waals surface area contributed by atoms with E-state index in [4.69, 9.17) is 0 Å². The molecule has 0 amide bonds. The Morgan fingerprint density at radius 1 is 0.380 bits per heavy atom. The van der Waals surface area contributed by atoms with Crippen LogP contribution < -0.4 is 9.80 Å². The van der Waals surface area contributed by atoms with Crippen molar-refractivity contribution < 1.29 is 0 Å². The highest BCUT2D eigenvalue weighted by Gasteiger charge is 2.19. The Bertz CT molecular complexity index is 2600. The molecule has 0 saturated carbocycles. The molecule has 0 radical (unpaired) electrons. The Hall–Kier alpha value is -6.16. The molecule has 0 aliphatic carbocycles. The SMILES string of the molecule is Cc1cc(N(c2ccccc2)c2ccc3c(c2)sc2ccccc23)ccc1N(c1ccccc1)c1ccc(-c2cccc3ccccc23)cc1. The highest BCUT2D eigenvalue weighted by molar-refractivity contribution is 7.25. The van der Waals surface area contributed by atoms with E-state index in [0.717, 1.165) is 34.1 Å². The van der Waals surface area contributed by atoms with Gasteiger partial charge >= 0.3 is 0 Å². The summed E-state index contributed by atoms with van der Waals surface area (Å²) in [6, 6.07) is 67.9. The Labute approximate surface area is 296 Å². The van der Waals surface area contributed by atoms with Gasteiger partial charge in [-0.15, -0.1) is 11.3 Å². The summed E-state index contributed by atoms with van der Waals surface area (Å²) in [5.74, 6) is 0. The van der Waals surface area contributed by atoms with E-state index in [0.29, 0.717) is 0 Å². The smallest absolute Gasteiger partial charge is 0.0492 e. The average molecular weight is 659 g/mol. The molecule has 0 N–H and O–H groups in total. The van der Waals surface area contributed by atoms with Crippen molar-refractivity contribution in [3.63, 3.8) is 0 Å². The molecule has 1 heterocycles. The van der Waals surface area contributed by atoms with E-state index in [9.17, 15) is 0 Å². The number of fused-ring (bicyclic) bond motifs is 4. The molecule has 0 bridgehead atoms. The number of hydrogen-bond donors (Lipinski definition) is 0. The van der Waals surface area contributed by atoms with Crippen molar-refractivity contribution in [1.29, 1.82) is 0 Å².